The van der Waals surface area contributed by atoms with E-state index in [0.717, 1.165) is 25.9 Å². The average molecular weight is 240 g/mol. The average Bonchev–Trinajstić information content (AvgIpc) is 3.00. The Bertz CT molecular complexity index is 319. The lowest BCUT2D eigenvalue weighted by Crippen LogP contribution is -2.37. The van der Waals surface area contributed by atoms with Gasteiger partial charge in [-0.1, -0.05) is 6.92 Å². The van der Waals surface area contributed by atoms with Crippen molar-refractivity contribution in [3.8, 4) is 0 Å². The monoisotopic (exact) mass is 240 g/mol. The number of aliphatic carboxylic acids is 1. The van der Waals surface area contributed by atoms with Gasteiger partial charge < -0.3 is 10.0 Å². The second kappa shape index (κ2) is 5.04. The predicted molar refractivity (Wildman–Crippen MR) is 62.5 cm³/mol. The van der Waals surface area contributed by atoms with Gasteiger partial charge in [-0.15, -0.1) is 0 Å². The van der Waals surface area contributed by atoms with E-state index in [1.165, 1.54) is 0 Å². The smallest absolute Gasteiger partial charge is 0.317 e. The summed E-state index contributed by atoms with van der Waals surface area (Å²) in [5.41, 5.74) is 0. The number of nitrogens with zero attached hydrogens (tertiary/aromatic N) is 2. The van der Waals surface area contributed by atoms with Gasteiger partial charge in [-0.05, 0) is 18.8 Å². The first-order valence-corrected chi connectivity index (χ1v) is 6.31. The molecule has 1 heterocycles. The van der Waals surface area contributed by atoms with Gasteiger partial charge in [-0.2, -0.15) is 0 Å². The van der Waals surface area contributed by atoms with Gasteiger partial charge in [0.2, 0.25) is 5.91 Å². The number of carbonyl (C=O) groups excluding carboxylic acids is 1. The lowest BCUT2D eigenvalue weighted by Gasteiger charge is -2.21. The third kappa shape index (κ3) is 3.19. The maximum Gasteiger partial charge on any atom is 0.317 e. The molecule has 2 unspecified atom stereocenters. The minimum Gasteiger partial charge on any atom is -0.480 e. The Morgan fingerprint density at radius 3 is 2.53 bits per heavy atom. The van der Waals surface area contributed by atoms with Crippen molar-refractivity contribution in [1.82, 2.24) is 9.80 Å². The van der Waals surface area contributed by atoms with E-state index in [-0.39, 0.29) is 18.4 Å². The number of rotatable bonds is 3. The van der Waals surface area contributed by atoms with Crippen LogP contribution in [-0.4, -0.2) is 59.5 Å². The number of hydrogen-bond acceptors (Lipinski definition) is 3. The fourth-order valence-electron chi connectivity index (χ4n) is 2.44. The molecule has 2 rings (SSSR count). The summed E-state index contributed by atoms with van der Waals surface area (Å²) >= 11 is 0. The summed E-state index contributed by atoms with van der Waals surface area (Å²) < 4.78 is 0. The van der Waals surface area contributed by atoms with Crippen LogP contribution in [0.2, 0.25) is 0 Å². The van der Waals surface area contributed by atoms with Crippen LogP contribution < -0.4 is 0 Å². The summed E-state index contributed by atoms with van der Waals surface area (Å²) in [7, 11) is 0. The molecule has 1 saturated heterocycles. The minimum absolute atomic E-state index is 0.0852. The number of amides is 1. The molecule has 5 heteroatoms. The Morgan fingerprint density at radius 2 is 1.94 bits per heavy atom. The van der Waals surface area contributed by atoms with Crippen LogP contribution in [0.5, 0.6) is 0 Å². The van der Waals surface area contributed by atoms with E-state index in [2.05, 4.69) is 6.92 Å². The molecule has 2 fully saturated rings. The van der Waals surface area contributed by atoms with Gasteiger partial charge in [0.05, 0.1) is 6.54 Å². The standard InChI is InChI=1S/C12H20N2O3/c1-9-7-10(9)12(17)14-4-2-3-13(5-6-14)8-11(15)16/h9-10H,2-8H2,1H3,(H,15,16). The summed E-state index contributed by atoms with van der Waals surface area (Å²) in [6, 6.07) is 0. The maximum atomic E-state index is 12.0. The van der Waals surface area contributed by atoms with E-state index in [9.17, 15) is 9.59 Å². The van der Waals surface area contributed by atoms with E-state index < -0.39 is 5.97 Å². The number of carboxylic acid groups (broad SMARTS) is 1. The largest absolute Gasteiger partial charge is 0.480 e. The second-order valence-electron chi connectivity index (χ2n) is 5.17. The van der Waals surface area contributed by atoms with Gasteiger partial charge in [0.25, 0.3) is 0 Å². The van der Waals surface area contributed by atoms with Crippen molar-refractivity contribution in [3.63, 3.8) is 0 Å². The zero-order valence-corrected chi connectivity index (χ0v) is 10.3. The number of carbonyl (C=O) groups is 2. The molecule has 2 atom stereocenters. The number of hydrogen-bond donors (Lipinski definition) is 1. The van der Waals surface area contributed by atoms with Crippen molar-refractivity contribution in [2.45, 2.75) is 19.8 Å². The van der Waals surface area contributed by atoms with Crippen molar-refractivity contribution in [3.05, 3.63) is 0 Å². The maximum absolute atomic E-state index is 12.0. The summed E-state index contributed by atoms with van der Waals surface area (Å²) in [4.78, 5) is 26.5. The van der Waals surface area contributed by atoms with Crippen LogP contribution >= 0.6 is 0 Å². The first kappa shape index (κ1) is 12.4. The van der Waals surface area contributed by atoms with Crippen LogP contribution in [-0.2, 0) is 9.59 Å². The van der Waals surface area contributed by atoms with Crippen molar-refractivity contribution in [1.29, 1.82) is 0 Å². The molecule has 0 radical (unpaired) electrons. The molecule has 96 valence electrons. The lowest BCUT2D eigenvalue weighted by atomic mass is 10.3. The van der Waals surface area contributed by atoms with Gasteiger partial charge in [0.15, 0.2) is 0 Å². The van der Waals surface area contributed by atoms with E-state index in [1.807, 2.05) is 9.80 Å². The highest BCUT2D eigenvalue weighted by molar-refractivity contribution is 5.81. The van der Waals surface area contributed by atoms with Gasteiger partial charge >= 0.3 is 5.97 Å². The number of carboxylic acids is 1. The lowest BCUT2D eigenvalue weighted by molar-refractivity contribution is -0.138. The first-order valence-electron chi connectivity index (χ1n) is 6.31. The minimum atomic E-state index is -0.791. The third-order valence-electron chi connectivity index (χ3n) is 3.69. The Labute approximate surface area is 101 Å². The van der Waals surface area contributed by atoms with E-state index >= 15 is 0 Å². The zero-order chi connectivity index (χ0) is 12.4. The predicted octanol–water partition coefficient (Wildman–Crippen LogP) is 0.261. The van der Waals surface area contributed by atoms with Crippen LogP contribution in [0.3, 0.4) is 0 Å². The highest BCUT2D eigenvalue weighted by Gasteiger charge is 2.41. The molecule has 0 spiro atoms. The molecule has 0 bridgehead atoms. The van der Waals surface area contributed by atoms with Crippen molar-refractivity contribution >= 4 is 11.9 Å². The summed E-state index contributed by atoms with van der Waals surface area (Å²) in [5, 5.41) is 8.74. The summed E-state index contributed by atoms with van der Waals surface area (Å²) in [5.74, 6) is 0.261. The van der Waals surface area contributed by atoms with Crippen LogP contribution in [0.15, 0.2) is 0 Å². The zero-order valence-electron chi connectivity index (χ0n) is 10.3. The molecule has 2 aliphatic rings. The Balaban J connectivity index is 1.83. The fourth-order valence-corrected chi connectivity index (χ4v) is 2.44. The topological polar surface area (TPSA) is 60.9 Å². The molecular formula is C12H20N2O3. The Hall–Kier alpha value is -1.10. The van der Waals surface area contributed by atoms with Gasteiger partial charge in [-0.3, -0.25) is 14.5 Å². The van der Waals surface area contributed by atoms with Crippen molar-refractivity contribution in [2.75, 3.05) is 32.7 Å². The molecular weight excluding hydrogens is 220 g/mol. The highest BCUT2D eigenvalue weighted by atomic mass is 16.4. The molecule has 0 aromatic rings. The molecule has 0 aromatic carbocycles. The molecule has 1 aliphatic carbocycles. The third-order valence-corrected chi connectivity index (χ3v) is 3.69. The normalized spacial score (nSPS) is 29.8. The van der Waals surface area contributed by atoms with Gasteiger partial charge in [-0.25, -0.2) is 0 Å². The van der Waals surface area contributed by atoms with Crippen molar-refractivity contribution < 1.29 is 14.7 Å². The van der Waals surface area contributed by atoms with Crippen molar-refractivity contribution in [2.24, 2.45) is 11.8 Å². The quantitative estimate of drug-likeness (QED) is 0.769. The van der Waals surface area contributed by atoms with E-state index in [0.29, 0.717) is 19.0 Å². The van der Waals surface area contributed by atoms with Gasteiger partial charge in [0, 0.05) is 32.1 Å². The van der Waals surface area contributed by atoms with Crippen LogP contribution in [0.1, 0.15) is 19.8 Å². The fraction of sp³-hybridized carbons (Fsp3) is 0.833. The van der Waals surface area contributed by atoms with Crippen LogP contribution in [0.25, 0.3) is 0 Å². The second-order valence-corrected chi connectivity index (χ2v) is 5.17. The Kier molecular flexibility index (Phi) is 3.66. The molecule has 1 saturated carbocycles. The summed E-state index contributed by atoms with van der Waals surface area (Å²) in [6.07, 6.45) is 1.90. The molecule has 17 heavy (non-hydrogen) atoms. The van der Waals surface area contributed by atoms with Crippen LogP contribution in [0, 0.1) is 11.8 Å². The van der Waals surface area contributed by atoms with Gasteiger partial charge in [0.1, 0.15) is 0 Å². The molecule has 1 aliphatic heterocycles. The first-order chi connectivity index (χ1) is 8.08. The molecule has 0 aromatic heterocycles. The SMILES string of the molecule is CC1CC1C(=O)N1CCCN(CC(=O)O)CC1. The summed E-state index contributed by atoms with van der Waals surface area (Å²) in [6.45, 7) is 5.10. The molecule has 1 amide bonds. The van der Waals surface area contributed by atoms with Crippen LogP contribution in [0.4, 0.5) is 0 Å². The molecule has 1 N–H and O–H groups in total. The molecule has 5 nitrogen and oxygen atoms in total. The Morgan fingerprint density at radius 1 is 1.24 bits per heavy atom. The van der Waals surface area contributed by atoms with E-state index in [4.69, 9.17) is 5.11 Å². The highest BCUT2D eigenvalue weighted by Crippen LogP contribution is 2.39. The van der Waals surface area contributed by atoms with E-state index in [1.54, 1.807) is 0 Å².